The molecule has 682 valence electrons. The van der Waals surface area contributed by atoms with E-state index in [1.165, 1.54) is 17.7 Å². The van der Waals surface area contributed by atoms with Gasteiger partial charge >= 0.3 is 17.9 Å². The van der Waals surface area contributed by atoms with Crippen molar-refractivity contribution in [2.75, 3.05) is 32.7 Å². The van der Waals surface area contributed by atoms with Crippen LogP contribution in [-0.2, 0) is 100 Å². The number of halogens is 1. The fourth-order valence-electron chi connectivity index (χ4n) is 14.9. The maximum absolute atomic E-state index is 12.9. The molecule has 2 saturated carbocycles. The third-order valence-corrected chi connectivity index (χ3v) is 25.9. The van der Waals surface area contributed by atoms with Crippen molar-refractivity contribution in [2.45, 2.75) is 180 Å². The van der Waals surface area contributed by atoms with Gasteiger partial charge in [-0.05, 0) is 160 Å². The van der Waals surface area contributed by atoms with Gasteiger partial charge in [0.25, 0.3) is 17.1 Å². The average molecular weight is 1830 g/mol. The first kappa shape index (κ1) is 103. The minimum absolute atomic E-state index is 0. The molecule has 0 radical (unpaired) electrons. The van der Waals surface area contributed by atoms with Gasteiger partial charge in [-0.3, -0.25) is 54.3 Å². The number of rotatable bonds is 36. The minimum Gasteiger partial charge on any atom is -0.462 e. The SMILES string of the molecule is C.Cl.NC[C@@H]1C[C@@H](Cc2ccccc2)C(=O)O1.O=C(NC1CCCC1)[C@@H](Cc1ccccc1)C[C@H](O)CNS(=O)(=O)c1ccc([N+](=O)[O-])cc1.O=C(NC1CCCC1)[C@H](Cc1ccccc1)C[C@H](O)CNS(=O)(=O)c1ccc([N+](=O)[O-])cc1.O=C1O[C@H](CNS(=O)(=O)c2ccc([N+](=O)[O-])cc2)C[C@H]1Cc1ccccc1.[N-]=[N+]=NC[C@@H]1C[C@@H](Cc2ccccc2)C(=O)O1. The van der Waals surface area contributed by atoms with Crippen LogP contribution in [0.25, 0.3) is 10.4 Å². The number of amides is 2. The number of nitro groups is 3. The van der Waals surface area contributed by atoms with Gasteiger partial charge < -0.3 is 40.8 Å². The number of sulfonamides is 3. The Morgan fingerprint density at radius 1 is 0.449 bits per heavy atom. The van der Waals surface area contributed by atoms with Gasteiger partial charge in [0.1, 0.15) is 18.3 Å². The zero-order valence-corrected chi connectivity index (χ0v) is 72.3. The number of hydrogen-bond acceptors (Lipinski definition) is 24. The molecule has 3 heterocycles. The lowest BCUT2D eigenvalue weighted by atomic mass is 9.92. The summed E-state index contributed by atoms with van der Waals surface area (Å²) in [7, 11) is -11.8. The molecule has 9 N–H and O–H groups in total. The molecule has 10 atom stereocenters. The zero-order valence-electron chi connectivity index (χ0n) is 69.0. The van der Waals surface area contributed by atoms with E-state index in [1.807, 2.05) is 152 Å². The standard InChI is InChI=1S/2C23H29N3O6S.C18H18N2O6S.C12H13N3O2.C12H15NO2.CH4.ClH/c2*27-21(16-24-33(31,32)22-12-10-20(11-13-22)26(29)30)15-18(14-17-6-2-1-3-7-17)23(28)25-19-8-4-5-9-19;21-18-14(10-13-4-2-1-3-5-13)11-16(26-18)12-19-27(24,25)17-8-6-15(7-9-17)20(22)23;13-15-14-8-11-7-10(12(16)17-11)6-9-4-2-1-3-5-9;13-8-11-7-10(12(14)15-11)6-9-4-2-1-3-5-9;;/h2*1-3,6-7,10-13,18-19,21,24,27H,4-5,8-9,14-16H2,(H,25,28);1-9,14,16,19H,10-12H2;1-5,10-11H,6-8H2;1-5,10-11H,6-8,13H2;1H4;1H/t18-,21+;18-,21-;14-,16+;2*10-,11+;;/m10111../s1. The topological polar surface area (TPSA) is 520 Å². The number of nitrogens with two attached hydrogens (primary N) is 1. The largest absolute Gasteiger partial charge is 0.462 e. The molecule has 127 heavy (non-hydrogen) atoms. The molecule has 2 amide bonds. The summed E-state index contributed by atoms with van der Waals surface area (Å²) in [6, 6.07) is 62.2. The van der Waals surface area contributed by atoms with Crippen LogP contribution in [0.3, 0.4) is 0 Å². The van der Waals surface area contributed by atoms with Crippen molar-refractivity contribution in [1.82, 2.24) is 24.8 Å². The smallest absolute Gasteiger partial charge is 0.309 e. The monoisotopic (exact) mass is 1830 g/mol. The first-order valence-electron chi connectivity index (χ1n) is 41.1. The predicted molar refractivity (Wildman–Crippen MR) is 476 cm³/mol. The number of carbonyl (C=O) groups excluding carboxylic acids is 5. The molecular weight excluding hydrogens is 1720 g/mol. The Hall–Kier alpha value is -11.5. The van der Waals surface area contributed by atoms with Crippen molar-refractivity contribution in [3.8, 4) is 0 Å². The lowest BCUT2D eigenvalue weighted by Gasteiger charge is -2.22. The van der Waals surface area contributed by atoms with Crippen LogP contribution in [0.2, 0.25) is 0 Å². The predicted octanol–water partition coefficient (Wildman–Crippen LogP) is 11.8. The highest BCUT2D eigenvalue weighted by Crippen LogP contribution is 2.30. The van der Waals surface area contributed by atoms with Crippen LogP contribution in [0.15, 0.2) is 244 Å². The van der Waals surface area contributed by atoms with E-state index in [1.54, 1.807) is 0 Å². The quantitative estimate of drug-likeness (QED) is 0.00344. The zero-order chi connectivity index (χ0) is 89.9. The van der Waals surface area contributed by atoms with E-state index in [2.05, 4.69) is 34.8 Å². The number of hydrogen-bond donors (Lipinski definition) is 8. The maximum atomic E-state index is 12.9. The number of non-ortho nitro benzene ring substituents is 3. The number of cyclic esters (lactones) is 3. The van der Waals surface area contributed by atoms with Gasteiger partial charge in [-0.1, -0.05) is 190 Å². The third-order valence-electron chi connectivity index (χ3n) is 21.6. The van der Waals surface area contributed by atoms with Crippen molar-refractivity contribution in [3.05, 3.63) is 293 Å². The molecule has 0 spiro atoms. The molecule has 8 aromatic carbocycles. The molecule has 34 nitrogen and oxygen atoms in total. The molecular formula is C89H109ClN12O22S3. The van der Waals surface area contributed by atoms with Crippen molar-refractivity contribution in [2.24, 2.45) is 40.4 Å². The molecule has 13 rings (SSSR count). The van der Waals surface area contributed by atoms with Crippen molar-refractivity contribution < 1.29 is 88.4 Å². The Morgan fingerprint density at radius 2 is 0.732 bits per heavy atom. The molecule has 5 fully saturated rings. The Bertz CT molecular complexity index is 5080. The van der Waals surface area contributed by atoms with Crippen LogP contribution < -0.4 is 30.5 Å². The maximum Gasteiger partial charge on any atom is 0.309 e. The summed E-state index contributed by atoms with van der Waals surface area (Å²) >= 11 is 0. The van der Waals surface area contributed by atoms with Crippen LogP contribution in [-0.4, -0.2) is 155 Å². The molecule has 8 aromatic rings. The van der Waals surface area contributed by atoms with Crippen molar-refractivity contribution in [1.29, 1.82) is 0 Å². The summed E-state index contributed by atoms with van der Waals surface area (Å²) in [5.74, 6) is -2.34. The van der Waals surface area contributed by atoms with E-state index < -0.39 is 75.0 Å². The summed E-state index contributed by atoms with van der Waals surface area (Å²) in [5, 5.41) is 62.8. The Morgan fingerprint density at radius 3 is 1.03 bits per heavy atom. The van der Waals surface area contributed by atoms with Crippen LogP contribution >= 0.6 is 12.4 Å². The molecule has 0 aromatic heterocycles. The van der Waals surface area contributed by atoms with Gasteiger partial charge in [0.05, 0.1) is 66.0 Å². The second kappa shape index (κ2) is 51.4. The van der Waals surface area contributed by atoms with E-state index in [-0.39, 0.29) is 162 Å². The number of ether oxygens (including phenoxy) is 3. The van der Waals surface area contributed by atoms with E-state index in [0.29, 0.717) is 45.1 Å². The fraction of sp³-hybridized carbons (Fsp3) is 0.404. The highest BCUT2D eigenvalue weighted by Gasteiger charge is 2.38. The number of nitrogens with one attached hydrogen (secondary N) is 5. The number of esters is 3. The number of nitrogens with zero attached hydrogens (tertiary/aromatic N) is 6. The Balaban J connectivity index is 0.000000223. The highest BCUT2D eigenvalue weighted by atomic mass is 35.5. The van der Waals surface area contributed by atoms with Crippen LogP contribution in [0, 0.1) is 59.9 Å². The first-order chi connectivity index (χ1) is 59.9. The highest BCUT2D eigenvalue weighted by molar-refractivity contribution is 7.90. The molecule has 3 saturated heterocycles. The average Bonchev–Trinajstić information content (AvgIpc) is 1.66. The number of nitro benzene ring substituents is 3. The Labute approximate surface area is 744 Å². The summed E-state index contributed by atoms with van der Waals surface area (Å²) in [6.45, 7) is 0.0591. The lowest BCUT2D eigenvalue weighted by molar-refractivity contribution is -0.385. The Kier molecular flexibility index (Phi) is 41.5. The second-order valence-corrected chi connectivity index (χ2v) is 36.3. The molecule has 3 aliphatic heterocycles. The van der Waals surface area contributed by atoms with Gasteiger partial charge in [-0.2, -0.15) is 0 Å². The van der Waals surface area contributed by atoms with E-state index in [4.69, 9.17) is 25.5 Å². The van der Waals surface area contributed by atoms with Gasteiger partial charge in [0.2, 0.25) is 41.9 Å². The lowest BCUT2D eigenvalue weighted by Crippen LogP contribution is -2.41. The molecule has 2 aliphatic carbocycles. The van der Waals surface area contributed by atoms with Crippen LogP contribution in [0.1, 0.15) is 119 Å². The number of azide groups is 1. The molecule has 0 unspecified atom stereocenters. The summed E-state index contributed by atoms with van der Waals surface area (Å²) in [6.07, 6.45) is 9.95. The molecule has 38 heteroatoms. The van der Waals surface area contributed by atoms with Gasteiger partial charge in [0.15, 0.2) is 0 Å². The molecule has 5 aliphatic rings. The van der Waals surface area contributed by atoms with Crippen molar-refractivity contribution in [3.63, 3.8) is 0 Å². The second-order valence-electron chi connectivity index (χ2n) is 31.0. The normalized spacial score (nSPS) is 18.7. The minimum atomic E-state index is -3.96. The van der Waals surface area contributed by atoms with Crippen LogP contribution in [0.5, 0.6) is 0 Å². The van der Waals surface area contributed by atoms with E-state index in [0.717, 1.165) is 147 Å². The number of carbonyl (C=O) groups is 5. The van der Waals surface area contributed by atoms with Crippen molar-refractivity contribution >= 4 is 89.3 Å². The summed E-state index contributed by atoms with van der Waals surface area (Å²) in [4.78, 5) is 93.6. The van der Waals surface area contributed by atoms with Crippen LogP contribution in [0.4, 0.5) is 17.1 Å². The number of aliphatic hydroxyl groups is 2. The third kappa shape index (κ3) is 34.0. The summed E-state index contributed by atoms with van der Waals surface area (Å²) in [5.41, 5.74) is 18.3. The first-order valence-corrected chi connectivity index (χ1v) is 45.6. The van der Waals surface area contributed by atoms with E-state index in [9.17, 15) is 89.8 Å². The summed E-state index contributed by atoms with van der Waals surface area (Å²) < 4.78 is 97.2. The van der Waals surface area contributed by atoms with Gasteiger partial charge in [-0.15, -0.1) is 12.4 Å². The number of aliphatic hydroxyl groups excluding tert-OH is 2. The van der Waals surface area contributed by atoms with E-state index >= 15 is 0 Å². The van der Waals surface area contributed by atoms with Gasteiger partial charge in [0, 0.05) is 91.4 Å². The number of benzene rings is 8. The molecule has 0 bridgehead atoms. The van der Waals surface area contributed by atoms with Gasteiger partial charge in [-0.25, -0.2) is 39.4 Å². The fourth-order valence-corrected chi connectivity index (χ4v) is 18.2.